The molecule has 1 fully saturated rings. The number of aliphatic hydroxyl groups excluding tert-OH is 1. The van der Waals surface area contributed by atoms with Gasteiger partial charge in [-0.3, -0.25) is 9.69 Å². The van der Waals surface area contributed by atoms with Gasteiger partial charge in [0.1, 0.15) is 11.9 Å². The maximum absolute atomic E-state index is 13.0. The molecule has 0 aliphatic carbocycles. The van der Waals surface area contributed by atoms with Crippen molar-refractivity contribution in [1.29, 1.82) is 0 Å². The highest BCUT2D eigenvalue weighted by Gasteiger charge is 2.31. The summed E-state index contributed by atoms with van der Waals surface area (Å²) >= 11 is 0. The van der Waals surface area contributed by atoms with E-state index >= 15 is 0 Å². The lowest BCUT2D eigenvalue weighted by molar-refractivity contribution is -0.117. The Morgan fingerprint density at radius 2 is 1.96 bits per heavy atom. The molecule has 26 heavy (non-hydrogen) atoms. The summed E-state index contributed by atoms with van der Waals surface area (Å²) in [6.45, 7) is 6.28. The molecule has 9 heteroatoms. The zero-order chi connectivity index (χ0) is 18.9. The van der Waals surface area contributed by atoms with Gasteiger partial charge in [-0.1, -0.05) is 0 Å². The molecule has 1 saturated heterocycles. The summed E-state index contributed by atoms with van der Waals surface area (Å²) < 4.78 is 33.2. The molecule has 0 spiro atoms. The van der Waals surface area contributed by atoms with Gasteiger partial charge in [-0.25, -0.2) is 8.42 Å². The summed E-state index contributed by atoms with van der Waals surface area (Å²) in [6.07, 6.45) is -0.145. The molecule has 2 aliphatic rings. The summed E-state index contributed by atoms with van der Waals surface area (Å²) in [7, 11) is -3.65. The minimum Gasteiger partial charge on any atom is -0.487 e. The van der Waals surface area contributed by atoms with Crippen LogP contribution in [-0.2, 0) is 14.8 Å². The summed E-state index contributed by atoms with van der Waals surface area (Å²) in [5.74, 6) is 0.374. The van der Waals surface area contributed by atoms with Gasteiger partial charge in [0.25, 0.3) is 0 Å². The number of anilines is 1. The van der Waals surface area contributed by atoms with E-state index in [0.717, 1.165) is 0 Å². The molecular formula is C17H25N3O5S. The molecule has 0 radical (unpaired) electrons. The van der Waals surface area contributed by atoms with Crippen molar-refractivity contribution in [2.24, 2.45) is 0 Å². The molecule has 0 saturated carbocycles. The second kappa shape index (κ2) is 7.51. The first-order chi connectivity index (χ1) is 12.3. The van der Waals surface area contributed by atoms with Gasteiger partial charge in [-0.05, 0) is 25.1 Å². The van der Waals surface area contributed by atoms with Crippen molar-refractivity contribution in [2.75, 3.05) is 50.8 Å². The lowest BCUT2D eigenvalue weighted by atomic mass is 10.2. The van der Waals surface area contributed by atoms with Crippen molar-refractivity contribution >= 4 is 21.6 Å². The molecule has 1 amide bonds. The van der Waals surface area contributed by atoms with Gasteiger partial charge in [0.15, 0.2) is 0 Å². The van der Waals surface area contributed by atoms with E-state index in [0.29, 0.717) is 50.7 Å². The van der Waals surface area contributed by atoms with Crippen LogP contribution in [0.5, 0.6) is 5.75 Å². The van der Waals surface area contributed by atoms with Crippen LogP contribution in [0.25, 0.3) is 0 Å². The fourth-order valence-electron chi connectivity index (χ4n) is 3.36. The summed E-state index contributed by atoms with van der Waals surface area (Å²) in [5, 5.41) is 9.01. The Kier molecular flexibility index (Phi) is 5.52. The van der Waals surface area contributed by atoms with Gasteiger partial charge in [0.2, 0.25) is 15.9 Å². The smallest absolute Gasteiger partial charge is 0.243 e. The van der Waals surface area contributed by atoms with Crippen LogP contribution < -0.4 is 9.64 Å². The summed E-state index contributed by atoms with van der Waals surface area (Å²) in [4.78, 5) is 15.7. The van der Waals surface area contributed by atoms with Gasteiger partial charge in [-0.15, -0.1) is 0 Å². The van der Waals surface area contributed by atoms with Crippen molar-refractivity contribution < 1.29 is 23.1 Å². The number of fused-ring (bicyclic) bond motifs is 1. The second-order valence-electron chi connectivity index (χ2n) is 6.66. The Bertz CT molecular complexity index is 775. The molecule has 1 aromatic carbocycles. The van der Waals surface area contributed by atoms with E-state index in [-0.39, 0.29) is 23.5 Å². The highest BCUT2D eigenvalue weighted by atomic mass is 32.2. The van der Waals surface area contributed by atoms with Gasteiger partial charge in [0, 0.05) is 39.6 Å². The monoisotopic (exact) mass is 383 g/mol. The van der Waals surface area contributed by atoms with Crippen LogP contribution in [0, 0.1) is 0 Å². The minimum atomic E-state index is -3.65. The zero-order valence-electron chi connectivity index (χ0n) is 15.1. The number of sulfonamides is 1. The van der Waals surface area contributed by atoms with Crippen molar-refractivity contribution in [3.63, 3.8) is 0 Å². The van der Waals surface area contributed by atoms with Gasteiger partial charge < -0.3 is 14.7 Å². The van der Waals surface area contributed by atoms with E-state index in [2.05, 4.69) is 0 Å². The highest BCUT2D eigenvalue weighted by Crippen LogP contribution is 2.36. The number of carbonyl (C=O) groups excluding carboxylic acids is 1. The van der Waals surface area contributed by atoms with Gasteiger partial charge in [-0.2, -0.15) is 4.31 Å². The van der Waals surface area contributed by atoms with Crippen LogP contribution in [0.4, 0.5) is 5.69 Å². The van der Waals surface area contributed by atoms with Crippen molar-refractivity contribution in [2.45, 2.75) is 24.8 Å². The number of ether oxygens (including phenoxy) is 1. The molecule has 1 atom stereocenters. The predicted molar refractivity (Wildman–Crippen MR) is 96.8 cm³/mol. The molecule has 3 rings (SSSR count). The predicted octanol–water partition coefficient (Wildman–Crippen LogP) is 0.119. The standard InChI is InChI=1S/C17H25N3O5S/c1-13-12-20(14(2)22)16-11-15(3-4-17(16)25-13)26(23,24)19-7-5-18(6-8-19)9-10-21/h3-4,11,13,21H,5-10,12H2,1-2H3. The van der Waals surface area contributed by atoms with Crippen molar-refractivity contribution in [3.8, 4) is 5.75 Å². The number of β-amino-alcohol motifs (C(OH)–C–C–N with tert-alkyl or cyclic N) is 1. The van der Waals surface area contributed by atoms with Crippen molar-refractivity contribution in [3.05, 3.63) is 18.2 Å². The Balaban J connectivity index is 1.85. The number of rotatable bonds is 4. The van der Waals surface area contributed by atoms with Crippen LogP contribution in [0.3, 0.4) is 0 Å². The van der Waals surface area contributed by atoms with Gasteiger partial charge in [0.05, 0.1) is 23.7 Å². The number of hydrogen-bond acceptors (Lipinski definition) is 6. The maximum atomic E-state index is 13.0. The first-order valence-corrected chi connectivity index (χ1v) is 10.2. The zero-order valence-corrected chi connectivity index (χ0v) is 15.9. The van der Waals surface area contributed by atoms with Crippen LogP contribution in [-0.4, -0.2) is 80.6 Å². The molecule has 1 aromatic rings. The van der Waals surface area contributed by atoms with E-state index < -0.39 is 10.0 Å². The molecule has 1 N–H and O–H groups in total. The molecule has 1 unspecified atom stereocenters. The van der Waals surface area contributed by atoms with E-state index in [1.165, 1.54) is 23.4 Å². The van der Waals surface area contributed by atoms with Crippen molar-refractivity contribution in [1.82, 2.24) is 9.21 Å². The number of piperazine rings is 1. The van der Waals surface area contributed by atoms with E-state index in [1.807, 2.05) is 11.8 Å². The largest absolute Gasteiger partial charge is 0.487 e. The van der Waals surface area contributed by atoms with E-state index in [1.54, 1.807) is 11.0 Å². The number of carbonyl (C=O) groups is 1. The number of aliphatic hydroxyl groups is 1. The number of hydrogen-bond donors (Lipinski definition) is 1. The Morgan fingerprint density at radius 1 is 1.27 bits per heavy atom. The van der Waals surface area contributed by atoms with E-state index in [9.17, 15) is 13.2 Å². The maximum Gasteiger partial charge on any atom is 0.243 e. The summed E-state index contributed by atoms with van der Waals surface area (Å²) in [6, 6.07) is 4.68. The third kappa shape index (κ3) is 3.71. The Morgan fingerprint density at radius 3 is 2.58 bits per heavy atom. The minimum absolute atomic E-state index is 0.0663. The average molecular weight is 383 g/mol. The Labute approximate surface area is 154 Å². The lowest BCUT2D eigenvalue weighted by Gasteiger charge is -2.35. The highest BCUT2D eigenvalue weighted by molar-refractivity contribution is 7.89. The summed E-state index contributed by atoms with van der Waals surface area (Å²) in [5.41, 5.74) is 0.496. The first-order valence-electron chi connectivity index (χ1n) is 8.75. The molecule has 2 heterocycles. The number of benzene rings is 1. The lowest BCUT2D eigenvalue weighted by Crippen LogP contribution is -2.49. The third-order valence-electron chi connectivity index (χ3n) is 4.75. The number of amides is 1. The fourth-order valence-corrected chi connectivity index (χ4v) is 4.80. The van der Waals surface area contributed by atoms with Crippen LogP contribution in [0.1, 0.15) is 13.8 Å². The van der Waals surface area contributed by atoms with E-state index in [4.69, 9.17) is 9.84 Å². The third-order valence-corrected chi connectivity index (χ3v) is 6.65. The SMILES string of the molecule is CC(=O)N1CC(C)Oc2ccc(S(=O)(=O)N3CCN(CCO)CC3)cc21. The molecule has 144 valence electrons. The molecule has 0 aromatic heterocycles. The quantitative estimate of drug-likeness (QED) is 0.794. The topological polar surface area (TPSA) is 90.4 Å². The molecule has 8 nitrogen and oxygen atoms in total. The van der Waals surface area contributed by atoms with Gasteiger partial charge >= 0.3 is 0 Å². The second-order valence-corrected chi connectivity index (χ2v) is 8.59. The average Bonchev–Trinajstić information content (AvgIpc) is 2.61. The fraction of sp³-hybridized carbons (Fsp3) is 0.588. The normalized spacial score (nSPS) is 22.0. The van der Waals surface area contributed by atoms with Crippen LogP contribution in [0.2, 0.25) is 0 Å². The van der Waals surface area contributed by atoms with Crippen LogP contribution >= 0.6 is 0 Å². The number of nitrogens with zero attached hydrogens (tertiary/aromatic N) is 3. The van der Waals surface area contributed by atoms with Crippen LogP contribution in [0.15, 0.2) is 23.1 Å². The Hall–Kier alpha value is -1.68. The first kappa shape index (κ1) is 19.1. The molecule has 2 aliphatic heterocycles. The molecular weight excluding hydrogens is 358 g/mol. The molecule has 0 bridgehead atoms.